The van der Waals surface area contributed by atoms with Gasteiger partial charge in [-0.05, 0) is 38.3 Å². The summed E-state index contributed by atoms with van der Waals surface area (Å²) in [5.41, 5.74) is 1.28. The molecule has 0 aliphatic carbocycles. The number of para-hydroxylation sites is 1. The molecule has 28 heavy (non-hydrogen) atoms. The van der Waals surface area contributed by atoms with Gasteiger partial charge < -0.3 is 25.0 Å². The maximum atomic E-state index is 5.73. The van der Waals surface area contributed by atoms with Crippen molar-refractivity contribution in [3.8, 4) is 0 Å². The summed E-state index contributed by atoms with van der Waals surface area (Å²) in [5.74, 6) is 1.45. The SMILES string of the molecule is CCN(CCCNC(=NC)NCCCOCC1CCOC1)c1ccccc1.I. The summed E-state index contributed by atoms with van der Waals surface area (Å²) in [4.78, 5) is 6.68. The van der Waals surface area contributed by atoms with Gasteiger partial charge >= 0.3 is 0 Å². The van der Waals surface area contributed by atoms with Crippen molar-refractivity contribution >= 4 is 35.6 Å². The lowest BCUT2D eigenvalue weighted by atomic mass is 10.1. The van der Waals surface area contributed by atoms with Gasteiger partial charge in [0, 0.05) is 58.0 Å². The number of aliphatic imine (C=N–C) groups is 1. The van der Waals surface area contributed by atoms with Gasteiger partial charge in [-0.1, -0.05) is 18.2 Å². The van der Waals surface area contributed by atoms with Crippen molar-refractivity contribution < 1.29 is 9.47 Å². The Hall–Kier alpha value is -1.06. The first-order chi connectivity index (χ1) is 13.3. The summed E-state index contributed by atoms with van der Waals surface area (Å²) in [6.07, 6.45) is 3.18. The molecule has 1 aromatic rings. The lowest BCUT2D eigenvalue weighted by molar-refractivity contribution is 0.0888. The minimum absolute atomic E-state index is 0. The smallest absolute Gasteiger partial charge is 0.190 e. The molecule has 0 spiro atoms. The first-order valence-corrected chi connectivity index (χ1v) is 10.2. The van der Waals surface area contributed by atoms with Crippen molar-refractivity contribution in [2.45, 2.75) is 26.2 Å². The Balaban J connectivity index is 0.00000392. The quantitative estimate of drug-likeness (QED) is 0.198. The Kier molecular flexibility index (Phi) is 14.1. The summed E-state index contributed by atoms with van der Waals surface area (Å²) >= 11 is 0. The maximum absolute atomic E-state index is 5.73. The van der Waals surface area contributed by atoms with Crippen molar-refractivity contribution in [2.24, 2.45) is 10.9 Å². The average Bonchev–Trinajstić information content (AvgIpc) is 3.23. The molecule has 1 atom stereocenters. The van der Waals surface area contributed by atoms with Crippen LogP contribution in [-0.4, -0.2) is 65.6 Å². The molecule has 0 amide bonds. The van der Waals surface area contributed by atoms with Gasteiger partial charge in [0.1, 0.15) is 0 Å². The molecule has 0 radical (unpaired) electrons. The van der Waals surface area contributed by atoms with E-state index in [-0.39, 0.29) is 24.0 Å². The molecule has 1 fully saturated rings. The molecule has 2 N–H and O–H groups in total. The number of hydrogen-bond acceptors (Lipinski definition) is 4. The first kappa shape index (κ1) is 25.0. The molecule has 1 unspecified atom stereocenters. The molecule has 1 aliphatic heterocycles. The lowest BCUT2D eigenvalue weighted by Gasteiger charge is -2.23. The topological polar surface area (TPSA) is 58.1 Å². The van der Waals surface area contributed by atoms with E-state index in [1.165, 1.54) is 5.69 Å². The number of halogens is 1. The molecular formula is C21H37IN4O2. The van der Waals surface area contributed by atoms with Crippen LogP contribution in [-0.2, 0) is 9.47 Å². The van der Waals surface area contributed by atoms with E-state index in [2.05, 4.69) is 57.8 Å². The zero-order chi connectivity index (χ0) is 19.2. The van der Waals surface area contributed by atoms with Crippen molar-refractivity contribution in [3.63, 3.8) is 0 Å². The molecule has 6 nitrogen and oxygen atoms in total. The van der Waals surface area contributed by atoms with Crippen LogP contribution in [0, 0.1) is 5.92 Å². The summed E-state index contributed by atoms with van der Waals surface area (Å²) in [7, 11) is 1.81. The van der Waals surface area contributed by atoms with Gasteiger partial charge in [0.05, 0.1) is 13.2 Å². The van der Waals surface area contributed by atoms with Crippen LogP contribution >= 0.6 is 24.0 Å². The average molecular weight is 504 g/mol. The molecule has 1 heterocycles. The monoisotopic (exact) mass is 504 g/mol. The van der Waals surface area contributed by atoms with E-state index in [4.69, 9.17) is 9.47 Å². The number of guanidine groups is 1. The van der Waals surface area contributed by atoms with Gasteiger partial charge in [-0.2, -0.15) is 0 Å². The summed E-state index contributed by atoms with van der Waals surface area (Å²) in [6, 6.07) is 10.6. The van der Waals surface area contributed by atoms with Gasteiger partial charge in [0.25, 0.3) is 0 Å². The Bertz CT molecular complexity index is 524. The van der Waals surface area contributed by atoms with Gasteiger partial charge in [0.2, 0.25) is 0 Å². The molecular weight excluding hydrogens is 467 g/mol. The summed E-state index contributed by atoms with van der Waals surface area (Å²) < 4.78 is 11.1. The van der Waals surface area contributed by atoms with Crippen molar-refractivity contribution in [2.75, 3.05) is 64.6 Å². The fourth-order valence-electron chi connectivity index (χ4n) is 3.15. The highest BCUT2D eigenvalue weighted by atomic mass is 127. The predicted molar refractivity (Wildman–Crippen MR) is 128 cm³/mol. The van der Waals surface area contributed by atoms with Gasteiger partial charge in [-0.15, -0.1) is 24.0 Å². The van der Waals surface area contributed by atoms with Crippen molar-refractivity contribution in [3.05, 3.63) is 30.3 Å². The van der Waals surface area contributed by atoms with Gasteiger partial charge in [-0.25, -0.2) is 0 Å². The van der Waals surface area contributed by atoms with E-state index < -0.39 is 0 Å². The van der Waals surface area contributed by atoms with E-state index in [0.717, 1.165) is 77.8 Å². The van der Waals surface area contributed by atoms with Crippen LogP contribution in [0.15, 0.2) is 35.3 Å². The van der Waals surface area contributed by atoms with Crippen LogP contribution in [0.2, 0.25) is 0 Å². The number of hydrogen-bond donors (Lipinski definition) is 2. The Morgan fingerprint density at radius 1 is 1.21 bits per heavy atom. The minimum Gasteiger partial charge on any atom is -0.381 e. The highest BCUT2D eigenvalue weighted by molar-refractivity contribution is 14.0. The lowest BCUT2D eigenvalue weighted by Crippen LogP contribution is -2.39. The Morgan fingerprint density at radius 3 is 2.61 bits per heavy atom. The molecule has 0 saturated carbocycles. The third-order valence-electron chi connectivity index (χ3n) is 4.76. The molecule has 1 aliphatic rings. The largest absolute Gasteiger partial charge is 0.381 e. The van der Waals surface area contributed by atoms with E-state index in [0.29, 0.717) is 5.92 Å². The van der Waals surface area contributed by atoms with Crippen LogP contribution in [0.4, 0.5) is 5.69 Å². The summed E-state index contributed by atoms with van der Waals surface area (Å²) in [5, 5.41) is 6.74. The van der Waals surface area contributed by atoms with Gasteiger partial charge in [-0.3, -0.25) is 4.99 Å². The number of anilines is 1. The van der Waals surface area contributed by atoms with E-state index in [9.17, 15) is 0 Å². The third-order valence-corrected chi connectivity index (χ3v) is 4.76. The van der Waals surface area contributed by atoms with Crippen LogP contribution in [0.5, 0.6) is 0 Å². The molecule has 7 heteroatoms. The van der Waals surface area contributed by atoms with Crippen molar-refractivity contribution in [1.82, 2.24) is 10.6 Å². The Labute approximate surface area is 187 Å². The standard InChI is InChI=1S/C21H36N4O2.HI/c1-3-25(20-9-5-4-6-10-20)14-7-12-23-21(22-2)24-13-8-15-26-17-19-11-16-27-18-19;/h4-6,9-10,19H,3,7-8,11-18H2,1-2H3,(H2,22,23,24);1H. The molecule has 2 rings (SSSR count). The second kappa shape index (κ2) is 15.8. The van der Waals surface area contributed by atoms with E-state index in [1.54, 1.807) is 0 Å². The number of rotatable bonds is 12. The molecule has 0 aromatic heterocycles. The zero-order valence-corrected chi connectivity index (χ0v) is 19.7. The fourth-order valence-corrected chi connectivity index (χ4v) is 3.15. The Morgan fingerprint density at radius 2 is 1.96 bits per heavy atom. The molecule has 1 aromatic carbocycles. The minimum atomic E-state index is 0. The normalized spacial score (nSPS) is 16.5. The molecule has 0 bridgehead atoms. The first-order valence-electron chi connectivity index (χ1n) is 10.2. The van der Waals surface area contributed by atoms with Crippen LogP contribution in [0.25, 0.3) is 0 Å². The second-order valence-electron chi connectivity index (χ2n) is 6.85. The fraction of sp³-hybridized carbons (Fsp3) is 0.667. The highest BCUT2D eigenvalue weighted by Gasteiger charge is 2.15. The van der Waals surface area contributed by atoms with Crippen LogP contribution < -0.4 is 15.5 Å². The number of benzene rings is 1. The van der Waals surface area contributed by atoms with Crippen LogP contribution in [0.1, 0.15) is 26.2 Å². The number of nitrogens with one attached hydrogen (secondary N) is 2. The molecule has 160 valence electrons. The predicted octanol–water partition coefficient (Wildman–Crippen LogP) is 3.13. The van der Waals surface area contributed by atoms with Gasteiger partial charge in [0.15, 0.2) is 5.96 Å². The molecule has 1 saturated heterocycles. The summed E-state index contributed by atoms with van der Waals surface area (Å²) in [6.45, 7) is 9.36. The third kappa shape index (κ3) is 9.93. The zero-order valence-electron chi connectivity index (χ0n) is 17.4. The maximum Gasteiger partial charge on any atom is 0.190 e. The van der Waals surface area contributed by atoms with E-state index in [1.807, 2.05) is 7.05 Å². The van der Waals surface area contributed by atoms with E-state index >= 15 is 0 Å². The van der Waals surface area contributed by atoms with Crippen molar-refractivity contribution in [1.29, 1.82) is 0 Å². The second-order valence-corrected chi connectivity index (χ2v) is 6.85. The van der Waals surface area contributed by atoms with Crippen LogP contribution in [0.3, 0.4) is 0 Å². The number of ether oxygens (including phenoxy) is 2. The highest BCUT2D eigenvalue weighted by Crippen LogP contribution is 2.13. The number of nitrogens with zero attached hydrogens (tertiary/aromatic N) is 2.